The summed E-state index contributed by atoms with van der Waals surface area (Å²) < 4.78 is 1.82. The summed E-state index contributed by atoms with van der Waals surface area (Å²) in [6, 6.07) is 23.4. The van der Waals surface area contributed by atoms with Crippen molar-refractivity contribution in [2.45, 2.75) is 13.1 Å². The van der Waals surface area contributed by atoms with E-state index in [0.717, 1.165) is 16.8 Å². The number of fused-ring (bicyclic) bond motifs is 1. The Bertz CT molecular complexity index is 1410. The van der Waals surface area contributed by atoms with E-state index in [1.807, 2.05) is 53.9 Å². The Morgan fingerprint density at radius 3 is 2.50 bits per heavy atom. The van der Waals surface area contributed by atoms with Crippen molar-refractivity contribution in [1.82, 2.24) is 9.88 Å². The predicted octanol–water partition coefficient (Wildman–Crippen LogP) is 4.47. The highest BCUT2D eigenvalue weighted by Crippen LogP contribution is 2.26. The van der Waals surface area contributed by atoms with Crippen LogP contribution in [0, 0.1) is 21.4 Å². The van der Waals surface area contributed by atoms with Gasteiger partial charge in [-0.3, -0.25) is 14.9 Å². The molecule has 0 bridgehead atoms. The van der Waals surface area contributed by atoms with Gasteiger partial charge in [-0.25, -0.2) is 0 Å². The van der Waals surface area contributed by atoms with Crippen molar-refractivity contribution in [2.24, 2.45) is 0 Å². The zero-order chi connectivity index (χ0) is 24.2. The molecule has 0 aliphatic carbocycles. The van der Waals surface area contributed by atoms with Crippen LogP contribution in [0.25, 0.3) is 10.9 Å². The summed E-state index contributed by atoms with van der Waals surface area (Å²) in [5, 5.41) is 24.0. The number of nitro benzene ring substituents is 1. The van der Waals surface area contributed by atoms with Crippen molar-refractivity contribution in [3.05, 3.63) is 105 Å². The number of rotatable bonds is 7. The second-order valence-corrected chi connectivity index (χ2v) is 8.17. The van der Waals surface area contributed by atoms with Crippen molar-refractivity contribution in [3.8, 4) is 6.07 Å². The van der Waals surface area contributed by atoms with E-state index in [2.05, 4.69) is 11.4 Å². The van der Waals surface area contributed by atoms with Gasteiger partial charge in [0.25, 0.3) is 11.6 Å². The number of carbonyl (C=O) groups excluding carboxylic acids is 1. The van der Waals surface area contributed by atoms with E-state index in [0.29, 0.717) is 35.2 Å². The standard InChI is InChI=1S/C26H23N5O3/c1-29(2)22-8-6-18(7-9-22)16-28-26(32)25-14-21-13-23(31(33)34)10-11-24(21)30(25)17-20-5-3-4-19(12-20)15-27/h3-14H,16-17H2,1-2H3,(H,28,32). The van der Waals surface area contributed by atoms with Gasteiger partial charge in [0.15, 0.2) is 0 Å². The highest BCUT2D eigenvalue weighted by Gasteiger charge is 2.18. The Morgan fingerprint density at radius 2 is 1.82 bits per heavy atom. The molecule has 1 aromatic heterocycles. The molecule has 0 atom stereocenters. The van der Waals surface area contributed by atoms with E-state index in [-0.39, 0.29) is 11.6 Å². The Kier molecular flexibility index (Phi) is 6.28. The van der Waals surface area contributed by atoms with E-state index in [1.54, 1.807) is 30.3 Å². The molecule has 8 heteroatoms. The van der Waals surface area contributed by atoms with Crippen LogP contribution in [0.3, 0.4) is 0 Å². The zero-order valence-electron chi connectivity index (χ0n) is 18.9. The van der Waals surface area contributed by atoms with Gasteiger partial charge in [-0.15, -0.1) is 0 Å². The number of aromatic nitrogens is 1. The highest BCUT2D eigenvalue weighted by molar-refractivity contribution is 5.99. The maximum Gasteiger partial charge on any atom is 0.270 e. The third-order valence-corrected chi connectivity index (χ3v) is 5.63. The molecule has 1 heterocycles. The topological polar surface area (TPSA) is 104 Å². The number of nitriles is 1. The monoisotopic (exact) mass is 453 g/mol. The Hall–Kier alpha value is -4.64. The van der Waals surface area contributed by atoms with Crippen molar-refractivity contribution < 1.29 is 9.72 Å². The molecule has 0 aliphatic heterocycles. The maximum atomic E-state index is 13.2. The van der Waals surface area contributed by atoms with Crippen LogP contribution in [-0.4, -0.2) is 29.5 Å². The summed E-state index contributed by atoms with van der Waals surface area (Å²) in [4.78, 5) is 26.0. The molecular formula is C26H23N5O3. The van der Waals surface area contributed by atoms with Crippen LogP contribution in [0.15, 0.2) is 72.8 Å². The molecule has 8 nitrogen and oxygen atoms in total. The summed E-state index contributed by atoms with van der Waals surface area (Å²) >= 11 is 0. The molecule has 170 valence electrons. The van der Waals surface area contributed by atoms with Crippen LogP contribution < -0.4 is 10.2 Å². The van der Waals surface area contributed by atoms with Crippen LogP contribution >= 0.6 is 0 Å². The minimum atomic E-state index is -0.454. The number of carbonyl (C=O) groups is 1. The van der Waals surface area contributed by atoms with Gasteiger partial charge in [0.05, 0.1) is 16.6 Å². The molecular weight excluding hydrogens is 430 g/mol. The van der Waals surface area contributed by atoms with Gasteiger partial charge in [-0.2, -0.15) is 5.26 Å². The molecule has 0 radical (unpaired) electrons. The van der Waals surface area contributed by atoms with Gasteiger partial charge in [0.2, 0.25) is 0 Å². The number of nitrogens with one attached hydrogen (secondary N) is 1. The highest BCUT2D eigenvalue weighted by atomic mass is 16.6. The minimum Gasteiger partial charge on any atom is -0.378 e. The number of nitro groups is 1. The summed E-state index contributed by atoms with van der Waals surface area (Å²) in [6.45, 7) is 0.690. The minimum absolute atomic E-state index is 0.0379. The fraction of sp³-hybridized carbons (Fsp3) is 0.154. The lowest BCUT2D eigenvalue weighted by Gasteiger charge is -2.14. The summed E-state index contributed by atoms with van der Waals surface area (Å²) in [5.74, 6) is -0.285. The molecule has 34 heavy (non-hydrogen) atoms. The summed E-state index contributed by atoms with van der Waals surface area (Å²) in [6.07, 6.45) is 0. The second kappa shape index (κ2) is 9.46. The number of anilines is 1. The largest absolute Gasteiger partial charge is 0.378 e. The molecule has 3 aromatic carbocycles. The van der Waals surface area contributed by atoms with E-state index in [1.165, 1.54) is 12.1 Å². The number of nitrogens with zero attached hydrogens (tertiary/aromatic N) is 4. The lowest BCUT2D eigenvalue weighted by molar-refractivity contribution is -0.384. The molecule has 1 amide bonds. The molecule has 1 N–H and O–H groups in total. The maximum absolute atomic E-state index is 13.2. The first kappa shape index (κ1) is 22.6. The van der Waals surface area contributed by atoms with Crippen LogP contribution in [0.2, 0.25) is 0 Å². The first-order valence-corrected chi connectivity index (χ1v) is 10.7. The number of non-ortho nitro benzene ring substituents is 1. The molecule has 0 fully saturated rings. The SMILES string of the molecule is CN(C)c1ccc(CNC(=O)c2cc3cc([N+](=O)[O-])ccc3n2Cc2cccc(C#N)c2)cc1. The fourth-order valence-corrected chi connectivity index (χ4v) is 3.84. The van der Waals surface area contributed by atoms with Gasteiger partial charge in [-0.05, 0) is 47.5 Å². The van der Waals surface area contributed by atoms with Gasteiger partial charge in [0.1, 0.15) is 5.69 Å². The molecule has 0 saturated heterocycles. The van der Waals surface area contributed by atoms with Crippen molar-refractivity contribution in [2.75, 3.05) is 19.0 Å². The van der Waals surface area contributed by atoms with Gasteiger partial charge < -0.3 is 14.8 Å². The Morgan fingerprint density at radius 1 is 1.06 bits per heavy atom. The number of hydrogen-bond acceptors (Lipinski definition) is 5. The fourth-order valence-electron chi connectivity index (χ4n) is 3.84. The van der Waals surface area contributed by atoms with Crippen LogP contribution in [-0.2, 0) is 13.1 Å². The number of amides is 1. The predicted molar refractivity (Wildman–Crippen MR) is 131 cm³/mol. The van der Waals surface area contributed by atoms with Gasteiger partial charge in [-0.1, -0.05) is 24.3 Å². The normalized spacial score (nSPS) is 10.6. The third-order valence-electron chi connectivity index (χ3n) is 5.63. The summed E-state index contributed by atoms with van der Waals surface area (Å²) in [5.41, 5.74) is 4.45. The lowest BCUT2D eigenvalue weighted by atomic mass is 10.1. The molecule has 0 unspecified atom stereocenters. The lowest BCUT2D eigenvalue weighted by Crippen LogP contribution is -2.25. The van der Waals surface area contributed by atoms with Crippen LogP contribution in [0.5, 0.6) is 0 Å². The Labute approximate surface area is 196 Å². The number of benzene rings is 3. The molecule has 0 aliphatic rings. The van der Waals surface area contributed by atoms with Crippen LogP contribution in [0.4, 0.5) is 11.4 Å². The van der Waals surface area contributed by atoms with Crippen molar-refractivity contribution >= 4 is 28.2 Å². The molecule has 4 aromatic rings. The first-order chi connectivity index (χ1) is 16.4. The quantitative estimate of drug-likeness (QED) is 0.328. The number of hydrogen-bond donors (Lipinski definition) is 1. The Balaban J connectivity index is 1.66. The first-order valence-electron chi connectivity index (χ1n) is 10.7. The van der Waals surface area contributed by atoms with E-state index in [4.69, 9.17) is 0 Å². The van der Waals surface area contributed by atoms with E-state index in [9.17, 15) is 20.2 Å². The molecule has 4 rings (SSSR count). The smallest absolute Gasteiger partial charge is 0.270 e. The van der Waals surface area contributed by atoms with Gasteiger partial charge in [0, 0.05) is 55.9 Å². The van der Waals surface area contributed by atoms with Gasteiger partial charge >= 0.3 is 0 Å². The molecule has 0 spiro atoms. The molecule has 0 saturated carbocycles. The second-order valence-electron chi connectivity index (χ2n) is 8.17. The summed E-state index contributed by atoms with van der Waals surface area (Å²) in [7, 11) is 3.93. The van der Waals surface area contributed by atoms with E-state index >= 15 is 0 Å². The van der Waals surface area contributed by atoms with Crippen molar-refractivity contribution in [3.63, 3.8) is 0 Å². The van der Waals surface area contributed by atoms with Crippen molar-refractivity contribution in [1.29, 1.82) is 5.26 Å². The zero-order valence-corrected chi connectivity index (χ0v) is 18.9. The average molecular weight is 454 g/mol. The van der Waals surface area contributed by atoms with Crippen LogP contribution in [0.1, 0.15) is 27.2 Å². The third kappa shape index (κ3) is 4.74. The average Bonchev–Trinajstić information content (AvgIpc) is 3.20. The van der Waals surface area contributed by atoms with E-state index < -0.39 is 4.92 Å².